The van der Waals surface area contributed by atoms with Crippen LogP contribution in [0.25, 0.3) is 0 Å². The lowest BCUT2D eigenvalue weighted by molar-refractivity contribution is 0.461. The van der Waals surface area contributed by atoms with Gasteiger partial charge in [0.1, 0.15) is 0 Å². The van der Waals surface area contributed by atoms with Gasteiger partial charge in [0.15, 0.2) is 0 Å². The second kappa shape index (κ2) is 4.80. The molecule has 0 aliphatic carbocycles. The summed E-state index contributed by atoms with van der Waals surface area (Å²) in [5.41, 5.74) is 4.48. The molecule has 1 saturated heterocycles. The average Bonchev–Trinajstić information content (AvgIpc) is 2.31. The third kappa shape index (κ3) is 2.40. The highest BCUT2D eigenvalue weighted by Crippen LogP contribution is 2.25. The highest BCUT2D eigenvalue weighted by molar-refractivity contribution is 5.33. The minimum atomic E-state index is 0.740. The van der Waals surface area contributed by atoms with Gasteiger partial charge in [-0.05, 0) is 55.3 Å². The van der Waals surface area contributed by atoms with E-state index in [2.05, 4.69) is 37.4 Å². The van der Waals surface area contributed by atoms with Crippen LogP contribution in [0.15, 0.2) is 18.2 Å². The summed E-state index contributed by atoms with van der Waals surface area (Å²) in [7, 11) is 0. The number of piperidine rings is 1. The number of aryl methyl sites for hydroxylation is 2. The zero-order valence-corrected chi connectivity index (χ0v) is 9.84. The Morgan fingerprint density at radius 1 is 1.40 bits per heavy atom. The number of nitrogens with one attached hydrogen (secondary N) is 1. The van der Waals surface area contributed by atoms with Crippen molar-refractivity contribution < 1.29 is 0 Å². The van der Waals surface area contributed by atoms with Crippen molar-refractivity contribution in [3.8, 4) is 0 Å². The molecule has 1 unspecified atom stereocenters. The van der Waals surface area contributed by atoms with Crippen molar-refractivity contribution in [3.63, 3.8) is 0 Å². The maximum atomic E-state index is 3.49. The van der Waals surface area contributed by atoms with Gasteiger partial charge in [-0.25, -0.2) is 0 Å². The van der Waals surface area contributed by atoms with Gasteiger partial charge in [0.2, 0.25) is 0 Å². The van der Waals surface area contributed by atoms with Gasteiger partial charge in [0, 0.05) is 6.54 Å². The molecule has 0 spiro atoms. The minimum absolute atomic E-state index is 0.740. The topological polar surface area (TPSA) is 12.0 Å². The predicted molar refractivity (Wildman–Crippen MR) is 65.4 cm³/mol. The molecule has 1 aromatic carbocycles. The van der Waals surface area contributed by atoms with Gasteiger partial charge in [-0.3, -0.25) is 0 Å². The van der Waals surface area contributed by atoms with Crippen molar-refractivity contribution in [3.05, 3.63) is 34.9 Å². The van der Waals surface area contributed by atoms with E-state index in [0.29, 0.717) is 0 Å². The Morgan fingerprint density at radius 2 is 2.27 bits per heavy atom. The van der Waals surface area contributed by atoms with Gasteiger partial charge >= 0.3 is 0 Å². The summed E-state index contributed by atoms with van der Waals surface area (Å²) in [4.78, 5) is 0. The van der Waals surface area contributed by atoms with Gasteiger partial charge in [0.25, 0.3) is 0 Å². The molecule has 1 fully saturated rings. The normalized spacial score (nSPS) is 21.6. The lowest BCUT2D eigenvalue weighted by Gasteiger charge is -2.23. The first-order valence-electron chi connectivity index (χ1n) is 6.11. The summed E-state index contributed by atoms with van der Waals surface area (Å²) >= 11 is 0. The molecule has 82 valence electrons. The van der Waals surface area contributed by atoms with Crippen LogP contribution in [-0.2, 0) is 6.42 Å². The lowest BCUT2D eigenvalue weighted by Crippen LogP contribution is -2.28. The molecule has 0 saturated carbocycles. The van der Waals surface area contributed by atoms with Crippen LogP contribution in [0.3, 0.4) is 0 Å². The van der Waals surface area contributed by atoms with Gasteiger partial charge in [0.05, 0.1) is 0 Å². The highest BCUT2D eigenvalue weighted by Gasteiger charge is 2.15. The van der Waals surface area contributed by atoms with Crippen LogP contribution < -0.4 is 5.32 Å². The molecular formula is C14H21N. The van der Waals surface area contributed by atoms with Gasteiger partial charge < -0.3 is 5.32 Å². The van der Waals surface area contributed by atoms with E-state index in [1.54, 1.807) is 0 Å². The fourth-order valence-electron chi connectivity index (χ4n) is 2.46. The first kappa shape index (κ1) is 10.7. The van der Waals surface area contributed by atoms with Gasteiger partial charge in [-0.15, -0.1) is 0 Å². The maximum absolute atomic E-state index is 3.49. The molecule has 1 atom stereocenters. The van der Waals surface area contributed by atoms with E-state index in [1.165, 1.54) is 36.1 Å². The fourth-order valence-corrected chi connectivity index (χ4v) is 2.46. The second-order valence-electron chi connectivity index (χ2n) is 4.58. The Balaban J connectivity index is 2.20. The molecule has 1 aromatic rings. The molecule has 15 heavy (non-hydrogen) atoms. The molecule has 1 aliphatic rings. The van der Waals surface area contributed by atoms with E-state index in [-0.39, 0.29) is 0 Å². The van der Waals surface area contributed by atoms with Crippen molar-refractivity contribution in [2.45, 2.75) is 39.0 Å². The van der Waals surface area contributed by atoms with Crippen LogP contribution in [0.2, 0.25) is 0 Å². The molecule has 0 aromatic heterocycles. The van der Waals surface area contributed by atoms with Gasteiger partial charge in [-0.2, -0.15) is 0 Å². The molecular weight excluding hydrogens is 182 g/mol. The summed E-state index contributed by atoms with van der Waals surface area (Å²) in [6.45, 7) is 6.81. The van der Waals surface area contributed by atoms with Crippen LogP contribution >= 0.6 is 0 Å². The standard InChI is InChI=1S/C14H21N/c1-3-12-9-13(7-6-11(12)2)14-5-4-8-15-10-14/h6-7,9,14-15H,3-5,8,10H2,1-2H3. The summed E-state index contributed by atoms with van der Waals surface area (Å²) in [6.07, 6.45) is 3.82. The predicted octanol–water partition coefficient (Wildman–Crippen LogP) is 3.02. The maximum Gasteiger partial charge on any atom is 0.00201 e. The van der Waals surface area contributed by atoms with E-state index in [9.17, 15) is 0 Å². The SMILES string of the molecule is CCc1cc(C2CCCNC2)ccc1C. The summed E-state index contributed by atoms with van der Waals surface area (Å²) in [6, 6.07) is 7.00. The lowest BCUT2D eigenvalue weighted by atomic mass is 9.89. The highest BCUT2D eigenvalue weighted by atomic mass is 14.9. The zero-order valence-electron chi connectivity index (χ0n) is 9.84. The van der Waals surface area contributed by atoms with E-state index >= 15 is 0 Å². The fraction of sp³-hybridized carbons (Fsp3) is 0.571. The molecule has 1 N–H and O–H groups in total. The molecule has 0 bridgehead atoms. The van der Waals surface area contributed by atoms with E-state index < -0.39 is 0 Å². The Bertz CT molecular complexity index is 324. The molecule has 2 rings (SSSR count). The zero-order chi connectivity index (χ0) is 10.7. The quantitative estimate of drug-likeness (QED) is 0.779. The third-order valence-corrected chi connectivity index (χ3v) is 3.52. The van der Waals surface area contributed by atoms with Crippen LogP contribution in [0.1, 0.15) is 42.4 Å². The Labute approximate surface area is 92.9 Å². The van der Waals surface area contributed by atoms with Crippen LogP contribution in [-0.4, -0.2) is 13.1 Å². The Hall–Kier alpha value is -0.820. The second-order valence-corrected chi connectivity index (χ2v) is 4.58. The Kier molecular flexibility index (Phi) is 3.42. The van der Waals surface area contributed by atoms with E-state index in [1.807, 2.05) is 0 Å². The van der Waals surface area contributed by atoms with Crippen molar-refractivity contribution in [2.75, 3.05) is 13.1 Å². The van der Waals surface area contributed by atoms with Crippen molar-refractivity contribution >= 4 is 0 Å². The number of benzene rings is 1. The Morgan fingerprint density at radius 3 is 2.93 bits per heavy atom. The molecule has 0 amide bonds. The minimum Gasteiger partial charge on any atom is -0.316 e. The monoisotopic (exact) mass is 203 g/mol. The summed E-state index contributed by atoms with van der Waals surface area (Å²) in [5, 5.41) is 3.49. The van der Waals surface area contributed by atoms with Crippen molar-refractivity contribution in [2.24, 2.45) is 0 Å². The van der Waals surface area contributed by atoms with E-state index in [4.69, 9.17) is 0 Å². The van der Waals surface area contributed by atoms with Crippen molar-refractivity contribution in [1.82, 2.24) is 5.32 Å². The molecule has 1 heteroatoms. The molecule has 1 heterocycles. The third-order valence-electron chi connectivity index (χ3n) is 3.52. The summed E-state index contributed by atoms with van der Waals surface area (Å²) in [5.74, 6) is 0.740. The average molecular weight is 203 g/mol. The first-order chi connectivity index (χ1) is 7.31. The molecule has 1 aliphatic heterocycles. The van der Waals surface area contributed by atoms with Crippen LogP contribution in [0.4, 0.5) is 0 Å². The van der Waals surface area contributed by atoms with Gasteiger partial charge in [-0.1, -0.05) is 25.1 Å². The smallest absolute Gasteiger partial charge is 0.00201 e. The summed E-state index contributed by atoms with van der Waals surface area (Å²) < 4.78 is 0. The molecule has 1 nitrogen and oxygen atoms in total. The van der Waals surface area contributed by atoms with Crippen molar-refractivity contribution in [1.29, 1.82) is 0 Å². The largest absolute Gasteiger partial charge is 0.316 e. The number of rotatable bonds is 2. The first-order valence-corrected chi connectivity index (χ1v) is 6.11. The van der Waals surface area contributed by atoms with E-state index in [0.717, 1.165) is 18.9 Å². The van der Waals surface area contributed by atoms with Crippen LogP contribution in [0, 0.1) is 6.92 Å². The number of hydrogen-bond donors (Lipinski definition) is 1. The number of hydrogen-bond acceptors (Lipinski definition) is 1. The van der Waals surface area contributed by atoms with Crippen LogP contribution in [0.5, 0.6) is 0 Å². The molecule has 0 radical (unpaired) electrons.